The van der Waals surface area contributed by atoms with Gasteiger partial charge in [0, 0.05) is 17.5 Å². The van der Waals surface area contributed by atoms with Crippen LogP contribution in [0.3, 0.4) is 0 Å². The zero-order chi connectivity index (χ0) is 9.52. The maximum Gasteiger partial charge on any atom is 0.0302 e. The zero-order valence-electron chi connectivity index (χ0n) is 8.12. The summed E-state index contributed by atoms with van der Waals surface area (Å²) in [7, 11) is 0. The molecule has 0 fully saturated rings. The van der Waals surface area contributed by atoms with E-state index in [1.165, 1.54) is 11.3 Å². The lowest BCUT2D eigenvalue weighted by molar-refractivity contribution is 0.521. The Bertz CT molecular complexity index is 228. The topological polar surface area (TPSA) is 12.0 Å². The highest BCUT2D eigenvalue weighted by Gasteiger charge is 1.99. The highest BCUT2D eigenvalue weighted by atomic mass is 32.1. The smallest absolute Gasteiger partial charge is 0.0302 e. The van der Waals surface area contributed by atoms with Crippen molar-refractivity contribution in [3.8, 4) is 0 Å². The maximum atomic E-state index is 3.72. The molecule has 1 nitrogen and oxygen atoms in total. The monoisotopic (exact) mass is 195 g/mol. The first-order chi connectivity index (χ1) is 6.33. The summed E-state index contributed by atoms with van der Waals surface area (Å²) in [6.07, 6.45) is 4.25. The lowest BCUT2D eigenvalue weighted by Gasteiger charge is -2.11. The SMILES string of the molecule is C=CCC[C@@H](C)NCc1cccs1. The lowest BCUT2D eigenvalue weighted by atomic mass is 10.2. The van der Waals surface area contributed by atoms with Crippen LogP contribution in [-0.2, 0) is 6.54 Å². The summed E-state index contributed by atoms with van der Waals surface area (Å²) >= 11 is 1.81. The van der Waals surface area contributed by atoms with Gasteiger partial charge < -0.3 is 5.32 Å². The Hall–Kier alpha value is -0.600. The van der Waals surface area contributed by atoms with E-state index in [1.807, 2.05) is 6.08 Å². The first-order valence-electron chi connectivity index (χ1n) is 4.69. The van der Waals surface area contributed by atoms with E-state index in [9.17, 15) is 0 Å². The molecule has 1 rings (SSSR count). The summed E-state index contributed by atoms with van der Waals surface area (Å²) in [6.45, 7) is 6.93. The molecular formula is C11H17NS. The molecule has 2 heteroatoms. The standard InChI is InChI=1S/C11H17NS/c1-3-4-6-10(2)12-9-11-7-5-8-13-11/h3,5,7-8,10,12H,1,4,6,9H2,2H3/t10-/m1/s1. The van der Waals surface area contributed by atoms with Crippen LogP contribution in [0.1, 0.15) is 24.6 Å². The van der Waals surface area contributed by atoms with Gasteiger partial charge in [-0.3, -0.25) is 0 Å². The van der Waals surface area contributed by atoms with E-state index >= 15 is 0 Å². The van der Waals surface area contributed by atoms with Crippen LogP contribution in [0.15, 0.2) is 30.2 Å². The van der Waals surface area contributed by atoms with Gasteiger partial charge in [0.2, 0.25) is 0 Å². The Morgan fingerprint density at radius 2 is 2.54 bits per heavy atom. The number of thiophene rings is 1. The van der Waals surface area contributed by atoms with Crippen LogP contribution >= 0.6 is 11.3 Å². The fraction of sp³-hybridized carbons (Fsp3) is 0.455. The Morgan fingerprint density at radius 3 is 3.15 bits per heavy atom. The van der Waals surface area contributed by atoms with Gasteiger partial charge in [0.1, 0.15) is 0 Å². The minimum Gasteiger partial charge on any atom is -0.309 e. The molecule has 0 radical (unpaired) electrons. The van der Waals surface area contributed by atoms with Gasteiger partial charge >= 0.3 is 0 Å². The van der Waals surface area contributed by atoms with Crippen molar-refractivity contribution in [1.82, 2.24) is 5.32 Å². The van der Waals surface area contributed by atoms with E-state index in [2.05, 4.69) is 36.3 Å². The molecule has 1 atom stereocenters. The molecule has 72 valence electrons. The number of hydrogen-bond donors (Lipinski definition) is 1. The first kappa shape index (κ1) is 10.5. The average Bonchev–Trinajstić information content (AvgIpc) is 2.64. The Balaban J connectivity index is 2.15. The van der Waals surface area contributed by atoms with E-state index in [0.717, 1.165) is 13.0 Å². The molecule has 0 saturated heterocycles. The molecule has 1 aromatic heterocycles. The molecule has 0 saturated carbocycles. The molecule has 0 aliphatic heterocycles. The number of nitrogens with one attached hydrogen (secondary N) is 1. The summed E-state index contributed by atoms with van der Waals surface area (Å²) in [5, 5.41) is 5.60. The summed E-state index contributed by atoms with van der Waals surface area (Å²) < 4.78 is 0. The van der Waals surface area contributed by atoms with Crippen molar-refractivity contribution in [3.05, 3.63) is 35.0 Å². The Labute approximate surface area is 84.5 Å². The van der Waals surface area contributed by atoms with Crippen molar-refractivity contribution in [3.63, 3.8) is 0 Å². The molecule has 1 N–H and O–H groups in total. The van der Waals surface area contributed by atoms with Crippen LogP contribution in [0.5, 0.6) is 0 Å². The molecule has 0 aromatic carbocycles. The Morgan fingerprint density at radius 1 is 1.69 bits per heavy atom. The van der Waals surface area contributed by atoms with Crippen molar-refractivity contribution in [2.45, 2.75) is 32.4 Å². The van der Waals surface area contributed by atoms with Crippen LogP contribution in [-0.4, -0.2) is 6.04 Å². The second-order valence-electron chi connectivity index (χ2n) is 3.23. The number of hydrogen-bond acceptors (Lipinski definition) is 2. The molecule has 0 unspecified atom stereocenters. The minimum atomic E-state index is 0.583. The largest absolute Gasteiger partial charge is 0.309 e. The minimum absolute atomic E-state index is 0.583. The second kappa shape index (κ2) is 5.95. The predicted molar refractivity (Wildman–Crippen MR) is 60.1 cm³/mol. The van der Waals surface area contributed by atoms with E-state index in [0.29, 0.717) is 6.04 Å². The second-order valence-corrected chi connectivity index (χ2v) is 4.26. The highest BCUT2D eigenvalue weighted by molar-refractivity contribution is 7.09. The van der Waals surface area contributed by atoms with E-state index in [4.69, 9.17) is 0 Å². The molecule has 0 bridgehead atoms. The van der Waals surface area contributed by atoms with Gasteiger partial charge in [0.05, 0.1) is 0 Å². The van der Waals surface area contributed by atoms with Crippen LogP contribution in [0.2, 0.25) is 0 Å². The summed E-state index contributed by atoms with van der Waals surface area (Å²) in [6, 6.07) is 4.84. The fourth-order valence-electron chi connectivity index (χ4n) is 1.16. The van der Waals surface area contributed by atoms with Crippen LogP contribution in [0, 0.1) is 0 Å². The van der Waals surface area contributed by atoms with Gasteiger partial charge in [-0.2, -0.15) is 0 Å². The van der Waals surface area contributed by atoms with Crippen molar-refractivity contribution in [1.29, 1.82) is 0 Å². The van der Waals surface area contributed by atoms with Gasteiger partial charge in [-0.25, -0.2) is 0 Å². The average molecular weight is 195 g/mol. The molecule has 0 amide bonds. The van der Waals surface area contributed by atoms with E-state index in [-0.39, 0.29) is 0 Å². The predicted octanol–water partition coefficient (Wildman–Crippen LogP) is 3.19. The molecule has 13 heavy (non-hydrogen) atoms. The zero-order valence-corrected chi connectivity index (χ0v) is 8.94. The third kappa shape index (κ3) is 4.25. The van der Waals surface area contributed by atoms with Gasteiger partial charge in [-0.15, -0.1) is 17.9 Å². The molecule has 0 aliphatic carbocycles. The highest BCUT2D eigenvalue weighted by Crippen LogP contribution is 2.08. The van der Waals surface area contributed by atoms with Crippen molar-refractivity contribution < 1.29 is 0 Å². The first-order valence-corrected chi connectivity index (χ1v) is 5.57. The summed E-state index contributed by atoms with van der Waals surface area (Å²) in [5.74, 6) is 0. The maximum absolute atomic E-state index is 3.72. The molecule has 0 spiro atoms. The van der Waals surface area contributed by atoms with Crippen LogP contribution in [0.4, 0.5) is 0 Å². The van der Waals surface area contributed by atoms with Gasteiger partial charge in [-0.1, -0.05) is 12.1 Å². The summed E-state index contributed by atoms with van der Waals surface area (Å²) in [5.41, 5.74) is 0. The molecule has 0 aliphatic rings. The normalized spacial score (nSPS) is 12.7. The fourth-order valence-corrected chi connectivity index (χ4v) is 1.81. The van der Waals surface area contributed by atoms with Crippen molar-refractivity contribution in [2.24, 2.45) is 0 Å². The molecule has 1 aromatic rings. The molecular weight excluding hydrogens is 178 g/mol. The molecule has 1 heterocycles. The lowest BCUT2D eigenvalue weighted by Crippen LogP contribution is -2.24. The van der Waals surface area contributed by atoms with E-state index in [1.54, 1.807) is 11.3 Å². The number of allylic oxidation sites excluding steroid dienone is 1. The van der Waals surface area contributed by atoms with Gasteiger partial charge in [0.15, 0.2) is 0 Å². The number of rotatable bonds is 6. The van der Waals surface area contributed by atoms with Gasteiger partial charge in [0.25, 0.3) is 0 Å². The summed E-state index contributed by atoms with van der Waals surface area (Å²) in [4.78, 5) is 1.41. The third-order valence-electron chi connectivity index (χ3n) is 2.01. The Kier molecular flexibility index (Phi) is 4.79. The van der Waals surface area contributed by atoms with Crippen LogP contribution in [0.25, 0.3) is 0 Å². The van der Waals surface area contributed by atoms with Crippen molar-refractivity contribution in [2.75, 3.05) is 0 Å². The van der Waals surface area contributed by atoms with Crippen LogP contribution < -0.4 is 5.32 Å². The van der Waals surface area contributed by atoms with Crippen molar-refractivity contribution >= 4 is 11.3 Å². The van der Waals surface area contributed by atoms with Gasteiger partial charge in [-0.05, 0) is 31.2 Å². The van der Waals surface area contributed by atoms with E-state index < -0.39 is 0 Å². The quantitative estimate of drug-likeness (QED) is 0.687. The third-order valence-corrected chi connectivity index (χ3v) is 2.89.